The van der Waals surface area contributed by atoms with Crippen LogP contribution in [-0.2, 0) is 36.2 Å². The van der Waals surface area contributed by atoms with Gasteiger partial charge in [0.1, 0.15) is 36.0 Å². The number of ether oxygens (including phenoxy) is 4. The van der Waals surface area contributed by atoms with Crippen LogP contribution in [0, 0.1) is 16.7 Å². The fourth-order valence-electron chi connectivity index (χ4n) is 11.2. The van der Waals surface area contributed by atoms with Crippen LogP contribution >= 0.6 is 0 Å². The molecule has 0 unspecified atom stereocenters. The van der Waals surface area contributed by atoms with Crippen molar-refractivity contribution in [2.45, 2.75) is 90.1 Å². The molecule has 5 aromatic rings. The Morgan fingerprint density at radius 2 is 1.43 bits per heavy atom. The number of benzene rings is 4. The second-order valence-electron chi connectivity index (χ2n) is 17.2. The third kappa shape index (κ3) is 4.78. The molecule has 9 rings (SSSR count). The van der Waals surface area contributed by atoms with Gasteiger partial charge >= 0.3 is 0 Å². The lowest BCUT2D eigenvalue weighted by molar-refractivity contribution is -0.0613. The second kappa shape index (κ2) is 12.7. The van der Waals surface area contributed by atoms with Crippen LogP contribution in [0.15, 0.2) is 71.3 Å². The van der Waals surface area contributed by atoms with E-state index in [4.69, 9.17) is 23.5 Å². The maximum absolute atomic E-state index is 15.2. The van der Waals surface area contributed by atoms with Gasteiger partial charge in [-0.15, -0.1) is 0 Å². The van der Waals surface area contributed by atoms with E-state index in [2.05, 4.69) is 32.9 Å². The largest absolute Gasteiger partial charge is 0.506 e. The van der Waals surface area contributed by atoms with Crippen molar-refractivity contribution in [1.29, 1.82) is 0 Å². The van der Waals surface area contributed by atoms with E-state index < -0.39 is 34.6 Å². The first-order valence-electron chi connectivity index (χ1n) is 19.4. The van der Waals surface area contributed by atoms with Gasteiger partial charge in [-0.1, -0.05) is 94.8 Å². The van der Waals surface area contributed by atoms with Gasteiger partial charge in [-0.25, -0.2) is 0 Å². The van der Waals surface area contributed by atoms with Gasteiger partial charge in [0.25, 0.3) is 5.88 Å². The third-order valence-corrected chi connectivity index (χ3v) is 13.8. The minimum atomic E-state index is -2.62. The van der Waals surface area contributed by atoms with Crippen molar-refractivity contribution in [3.05, 3.63) is 111 Å². The van der Waals surface area contributed by atoms with E-state index in [9.17, 15) is 15.0 Å². The summed E-state index contributed by atoms with van der Waals surface area (Å²) in [4.78, 5) is 29.9. The number of fused-ring (bicyclic) bond motifs is 5. The van der Waals surface area contributed by atoms with Crippen molar-refractivity contribution in [2.75, 3.05) is 14.2 Å². The number of phenolic OH excluding ortho intramolecular Hbond substituents is 1. The molecule has 0 saturated heterocycles. The predicted octanol–water partition coefficient (Wildman–Crippen LogP) is 8.40. The van der Waals surface area contributed by atoms with Gasteiger partial charge in [0.2, 0.25) is 11.6 Å². The number of aliphatic hydroxyl groups is 1. The number of Topliss-reactive ketones (excluding diaryl/α,β-unsaturated/α-hetero) is 2. The van der Waals surface area contributed by atoms with E-state index in [1.807, 2.05) is 66.7 Å². The molecule has 0 radical (unpaired) electrons. The zero-order valence-electron chi connectivity index (χ0n) is 32.7. The van der Waals surface area contributed by atoms with E-state index in [0.717, 1.165) is 46.9 Å². The number of phenols is 1. The highest BCUT2D eigenvalue weighted by atomic mass is 16.5. The zero-order valence-corrected chi connectivity index (χ0v) is 32.7. The lowest BCUT2D eigenvalue weighted by Gasteiger charge is -2.59. The summed E-state index contributed by atoms with van der Waals surface area (Å²) >= 11 is 0. The first-order chi connectivity index (χ1) is 26.8. The summed E-state index contributed by atoms with van der Waals surface area (Å²) in [5.41, 5.74) is 0.228. The van der Waals surface area contributed by atoms with Gasteiger partial charge in [-0.05, 0) is 57.5 Å². The van der Waals surface area contributed by atoms with Crippen LogP contribution in [0.5, 0.6) is 23.1 Å². The van der Waals surface area contributed by atoms with Crippen LogP contribution in [0.2, 0.25) is 0 Å². The molecule has 2 N–H and O–H groups in total. The van der Waals surface area contributed by atoms with Gasteiger partial charge in [-0.2, -0.15) is 0 Å². The number of rotatable bonds is 8. The SMILES string of the molecule is COc1cc(OCc2ccccc2)c2c(O)c3c(c4c2c1C1(C4)C(C)(C)CCCC1(C)C)[C@H](OC)[C@H]1Cc2onc(OCc4ccccc4)c2C(=O)[C@@]1(O)C3=O. The Bertz CT molecular complexity index is 2400. The maximum Gasteiger partial charge on any atom is 0.265 e. The normalized spacial score (nSPS) is 23.8. The van der Waals surface area contributed by atoms with E-state index in [-0.39, 0.29) is 59.0 Å². The molecule has 1 aromatic heterocycles. The molecule has 290 valence electrons. The van der Waals surface area contributed by atoms with Crippen molar-refractivity contribution in [1.82, 2.24) is 5.16 Å². The van der Waals surface area contributed by atoms with Gasteiger partial charge in [0.15, 0.2) is 11.4 Å². The monoisotopic (exact) mass is 757 g/mol. The zero-order chi connectivity index (χ0) is 39.4. The van der Waals surface area contributed by atoms with E-state index in [1.54, 1.807) is 7.11 Å². The molecule has 4 aliphatic rings. The van der Waals surface area contributed by atoms with Crippen molar-refractivity contribution in [3.63, 3.8) is 0 Å². The highest BCUT2D eigenvalue weighted by Gasteiger charge is 2.67. The fraction of sp³-hybridized carbons (Fsp3) is 0.413. The Morgan fingerprint density at radius 3 is 2.04 bits per heavy atom. The van der Waals surface area contributed by atoms with Crippen LogP contribution in [0.3, 0.4) is 0 Å². The van der Waals surface area contributed by atoms with Gasteiger partial charge in [0, 0.05) is 41.9 Å². The van der Waals surface area contributed by atoms with Crippen LogP contribution in [0.1, 0.15) is 107 Å². The molecule has 56 heavy (non-hydrogen) atoms. The van der Waals surface area contributed by atoms with Crippen LogP contribution in [0.4, 0.5) is 0 Å². The average Bonchev–Trinajstić information content (AvgIpc) is 3.78. The minimum absolute atomic E-state index is 0.0280. The Morgan fingerprint density at radius 1 is 0.821 bits per heavy atom. The number of ketones is 2. The smallest absolute Gasteiger partial charge is 0.265 e. The number of aromatic hydroxyl groups is 1. The summed E-state index contributed by atoms with van der Waals surface area (Å²) in [6.45, 7) is 9.49. The van der Waals surface area contributed by atoms with Gasteiger partial charge in [-0.3, -0.25) is 9.59 Å². The summed E-state index contributed by atoms with van der Waals surface area (Å²) in [7, 11) is 3.17. The molecule has 0 aliphatic heterocycles. The molecule has 4 aliphatic carbocycles. The van der Waals surface area contributed by atoms with Crippen molar-refractivity contribution in [3.8, 4) is 23.1 Å². The molecular formula is C46H47NO9. The summed E-state index contributed by atoms with van der Waals surface area (Å²) in [6, 6.07) is 20.9. The highest BCUT2D eigenvalue weighted by Crippen LogP contribution is 2.70. The van der Waals surface area contributed by atoms with Crippen molar-refractivity contribution in [2.24, 2.45) is 16.7 Å². The summed E-state index contributed by atoms with van der Waals surface area (Å²) < 4.78 is 30.8. The number of methoxy groups -OCH3 is 2. The molecule has 1 saturated carbocycles. The van der Waals surface area contributed by atoms with Crippen LogP contribution < -0.4 is 14.2 Å². The maximum atomic E-state index is 15.2. The Labute approximate surface area is 325 Å². The number of hydrogen-bond acceptors (Lipinski definition) is 10. The quantitative estimate of drug-likeness (QED) is 0.149. The highest BCUT2D eigenvalue weighted by molar-refractivity contribution is 6.27. The molecule has 4 aromatic carbocycles. The second-order valence-corrected chi connectivity index (χ2v) is 17.2. The van der Waals surface area contributed by atoms with E-state index in [1.165, 1.54) is 7.11 Å². The fourth-order valence-corrected chi connectivity index (χ4v) is 11.2. The topological polar surface area (TPSA) is 138 Å². The molecule has 10 heteroatoms. The van der Waals surface area contributed by atoms with E-state index in [0.29, 0.717) is 28.9 Å². The molecule has 1 spiro atoms. The Kier molecular flexibility index (Phi) is 8.24. The van der Waals surface area contributed by atoms with Crippen molar-refractivity contribution >= 4 is 22.3 Å². The number of carbonyl (C=O) groups is 2. The summed E-state index contributed by atoms with van der Waals surface area (Å²) in [5.74, 6) is -2.16. The average molecular weight is 758 g/mol. The van der Waals surface area contributed by atoms with Gasteiger partial charge in [0.05, 0.1) is 24.2 Å². The minimum Gasteiger partial charge on any atom is -0.506 e. The molecular weight excluding hydrogens is 711 g/mol. The predicted molar refractivity (Wildman–Crippen MR) is 208 cm³/mol. The van der Waals surface area contributed by atoms with Gasteiger partial charge < -0.3 is 33.7 Å². The lowest BCUT2D eigenvalue weighted by atomic mass is 9.44. The van der Waals surface area contributed by atoms with Crippen LogP contribution in [-0.4, -0.2) is 46.8 Å². The molecule has 3 atom stereocenters. The molecule has 0 bridgehead atoms. The van der Waals surface area contributed by atoms with Crippen LogP contribution in [0.25, 0.3) is 10.8 Å². The number of aromatic nitrogens is 1. The number of hydrogen-bond donors (Lipinski definition) is 2. The summed E-state index contributed by atoms with van der Waals surface area (Å²) in [5, 5.41) is 30.6. The molecule has 1 fully saturated rings. The summed E-state index contributed by atoms with van der Waals surface area (Å²) in [6.07, 6.45) is 2.49. The molecule has 1 heterocycles. The first kappa shape index (κ1) is 36.4. The van der Waals surface area contributed by atoms with E-state index >= 15 is 4.79 Å². The Balaban J connectivity index is 1.27. The molecule has 10 nitrogen and oxygen atoms in total. The standard InChI is InChI=1S/C46H47NO9/c1-43(2)18-13-19-44(3,4)45(43)22-27-32-34(29(21-31(52-5)37(32)45)54-23-25-14-9-7-10-15-25)38(48)36-33(27)39(53-6)28-20-30-35(40(49)46(28,51)41(36)50)42(47-56-30)55-24-26-16-11-8-12-17-26/h7-12,14-17,21,28,39,48,51H,13,18-20,22-24H2,1-6H3/t28-,39-,46-/m1/s1. The lowest BCUT2D eigenvalue weighted by Crippen LogP contribution is -2.60. The molecule has 0 amide bonds. The van der Waals surface area contributed by atoms with Crippen molar-refractivity contribution < 1.29 is 43.3 Å². The Hall–Kier alpha value is -5.19. The number of carbonyl (C=O) groups excluding carboxylic acids is 2. The first-order valence-corrected chi connectivity index (χ1v) is 19.4. The third-order valence-electron chi connectivity index (χ3n) is 13.8. The number of nitrogens with zero attached hydrogens (tertiary/aromatic N) is 1.